The number of hydrogen-bond acceptors (Lipinski definition) is 4. The molecule has 0 aliphatic heterocycles. The monoisotopic (exact) mass is 609 g/mol. The van der Waals surface area contributed by atoms with E-state index in [9.17, 15) is 13.0 Å². The molecule has 5 N–H and O–H groups in total. The van der Waals surface area contributed by atoms with Crippen LogP contribution in [0.3, 0.4) is 0 Å². The Morgan fingerprint density at radius 2 is 1.16 bits per heavy atom. The standard InChI is InChI=1S/C38H31N3O3S/c1-25-23-30(19-22-34(25)40)35(29-17-20-31(39)21-18-29)33-24-32(26-11-5-2-6-12-26)38(41-45(42,43)44)37(28-15-9-4-10-16-28)36(33)27-13-7-3-8-14-27/h2-24H,39-40H2,1H3,(H,42,43,44). The lowest BCUT2D eigenvalue weighted by Gasteiger charge is -2.28. The van der Waals surface area contributed by atoms with Crippen molar-refractivity contribution in [3.8, 4) is 0 Å². The van der Waals surface area contributed by atoms with Crippen LogP contribution in [0.5, 0.6) is 0 Å². The van der Waals surface area contributed by atoms with Crippen molar-refractivity contribution in [2.75, 3.05) is 11.5 Å². The van der Waals surface area contributed by atoms with E-state index >= 15 is 0 Å². The van der Waals surface area contributed by atoms with Crippen molar-refractivity contribution >= 4 is 49.7 Å². The number of nitrogens with zero attached hydrogens (tertiary/aromatic N) is 1. The Hall–Kier alpha value is -5.50. The molecular formula is C38H31N3O3S. The normalized spacial score (nSPS) is 15.6. The molecule has 0 saturated carbocycles. The maximum atomic E-state index is 12.5. The first-order valence-corrected chi connectivity index (χ1v) is 15.8. The molecule has 0 spiro atoms. The summed E-state index contributed by atoms with van der Waals surface area (Å²) in [5, 5.41) is 0. The van der Waals surface area contributed by atoms with Crippen molar-refractivity contribution in [2.24, 2.45) is 4.40 Å². The van der Waals surface area contributed by atoms with Crippen molar-refractivity contribution in [3.63, 3.8) is 0 Å². The third kappa shape index (κ3) is 6.26. The van der Waals surface area contributed by atoms with Crippen molar-refractivity contribution in [3.05, 3.63) is 178 Å². The van der Waals surface area contributed by atoms with Crippen molar-refractivity contribution in [1.29, 1.82) is 0 Å². The Kier molecular flexibility index (Phi) is 8.04. The van der Waals surface area contributed by atoms with Gasteiger partial charge in [-0.3, -0.25) is 4.55 Å². The summed E-state index contributed by atoms with van der Waals surface area (Å²) in [7, 11) is -4.80. The van der Waals surface area contributed by atoms with Crippen LogP contribution < -0.4 is 11.5 Å². The topological polar surface area (TPSA) is 119 Å². The van der Waals surface area contributed by atoms with Crippen LogP contribution in [0, 0.1) is 6.92 Å². The fraction of sp³-hybridized carbons (Fsp3) is 0.0263. The molecule has 6 nitrogen and oxygen atoms in total. The third-order valence-electron chi connectivity index (χ3n) is 7.74. The van der Waals surface area contributed by atoms with E-state index in [0.29, 0.717) is 22.5 Å². The summed E-state index contributed by atoms with van der Waals surface area (Å²) in [6, 6.07) is 42.4. The highest BCUT2D eigenvalue weighted by molar-refractivity contribution is 7.84. The Labute approximate surface area is 263 Å². The second-order valence-electron chi connectivity index (χ2n) is 10.8. The van der Waals surface area contributed by atoms with E-state index < -0.39 is 10.3 Å². The fourth-order valence-corrected chi connectivity index (χ4v) is 6.09. The smallest absolute Gasteiger partial charge is 0.378 e. The summed E-state index contributed by atoms with van der Waals surface area (Å²) in [4.78, 5) is 0. The molecule has 0 unspecified atom stereocenters. The molecule has 1 aliphatic carbocycles. The predicted molar refractivity (Wildman–Crippen MR) is 186 cm³/mol. The zero-order valence-corrected chi connectivity index (χ0v) is 25.4. The van der Waals surface area contributed by atoms with E-state index in [4.69, 9.17) is 11.5 Å². The lowest BCUT2D eigenvalue weighted by Crippen LogP contribution is -2.17. The van der Waals surface area contributed by atoms with Gasteiger partial charge in [0.05, 0.1) is 5.71 Å². The zero-order valence-electron chi connectivity index (χ0n) is 24.6. The molecule has 0 atom stereocenters. The molecule has 0 radical (unpaired) electrons. The number of nitrogens with two attached hydrogens (primary N) is 2. The van der Waals surface area contributed by atoms with Crippen molar-refractivity contribution in [1.82, 2.24) is 0 Å². The van der Waals surface area contributed by atoms with Crippen LogP contribution in [0.1, 0.15) is 33.4 Å². The second-order valence-corrected chi connectivity index (χ2v) is 11.9. The average molecular weight is 610 g/mol. The summed E-state index contributed by atoms with van der Waals surface area (Å²) in [5.41, 5.74) is 22.5. The van der Waals surface area contributed by atoms with Crippen molar-refractivity contribution < 1.29 is 13.0 Å². The molecular weight excluding hydrogens is 579 g/mol. The minimum absolute atomic E-state index is 0.141. The van der Waals surface area contributed by atoms with E-state index in [1.165, 1.54) is 0 Å². The highest BCUT2D eigenvalue weighted by atomic mass is 32.2. The molecule has 0 bridgehead atoms. The molecule has 45 heavy (non-hydrogen) atoms. The lowest BCUT2D eigenvalue weighted by atomic mass is 9.75. The van der Waals surface area contributed by atoms with Gasteiger partial charge in [0.25, 0.3) is 0 Å². The molecule has 1 aliphatic rings. The van der Waals surface area contributed by atoms with E-state index in [1.54, 1.807) is 0 Å². The SMILES string of the molecule is Cc1cc(C(=C2C=C(c3ccccc3)C(=NS(=O)(=O)O)C(c3ccccc3)=C2c2ccccc2)c2ccc(N)cc2)ccc1N. The van der Waals surface area contributed by atoms with Crippen LogP contribution >= 0.6 is 0 Å². The number of nitrogen functional groups attached to an aromatic ring is 2. The van der Waals surface area contributed by atoms with Crippen LogP contribution in [0.4, 0.5) is 11.4 Å². The van der Waals surface area contributed by atoms with Gasteiger partial charge in [-0.15, -0.1) is 4.40 Å². The third-order valence-corrected chi connectivity index (χ3v) is 8.16. The summed E-state index contributed by atoms with van der Waals surface area (Å²) < 4.78 is 39.2. The quantitative estimate of drug-likeness (QED) is 0.134. The van der Waals surface area contributed by atoms with Crippen LogP contribution in [0.25, 0.3) is 22.3 Å². The van der Waals surface area contributed by atoms with Gasteiger partial charge in [-0.2, -0.15) is 8.42 Å². The van der Waals surface area contributed by atoms with Gasteiger partial charge >= 0.3 is 10.3 Å². The van der Waals surface area contributed by atoms with E-state index in [2.05, 4.69) is 10.5 Å². The maximum Gasteiger partial charge on any atom is 0.378 e. The Balaban J connectivity index is 1.87. The van der Waals surface area contributed by atoms with Crippen LogP contribution in [0.15, 0.2) is 150 Å². The maximum absolute atomic E-state index is 12.5. The van der Waals surface area contributed by atoms with E-state index in [1.807, 2.05) is 140 Å². The van der Waals surface area contributed by atoms with Gasteiger partial charge in [0.1, 0.15) is 0 Å². The number of rotatable bonds is 6. The zero-order chi connectivity index (χ0) is 31.6. The minimum atomic E-state index is -4.80. The van der Waals surface area contributed by atoms with Crippen LogP contribution in [-0.4, -0.2) is 18.7 Å². The molecule has 5 aromatic carbocycles. The molecule has 0 fully saturated rings. The first-order chi connectivity index (χ1) is 21.7. The minimum Gasteiger partial charge on any atom is -0.399 e. The first-order valence-electron chi connectivity index (χ1n) is 14.4. The summed E-state index contributed by atoms with van der Waals surface area (Å²) in [6.07, 6.45) is 1.96. The molecule has 0 aromatic heterocycles. The number of allylic oxidation sites excluding steroid dienone is 5. The summed E-state index contributed by atoms with van der Waals surface area (Å²) >= 11 is 0. The van der Waals surface area contributed by atoms with Gasteiger partial charge < -0.3 is 11.5 Å². The lowest BCUT2D eigenvalue weighted by molar-refractivity contribution is 0.485. The number of benzene rings is 5. The average Bonchev–Trinajstić information content (AvgIpc) is 3.04. The molecule has 0 heterocycles. The highest BCUT2D eigenvalue weighted by Gasteiger charge is 2.31. The van der Waals surface area contributed by atoms with Gasteiger partial charge in [-0.25, -0.2) is 0 Å². The number of aryl methyl sites for hydroxylation is 1. The fourth-order valence-electron chi connectivity index (χ4n) is 5.67. The number of anilines is 2. The van der Waals surface area contributed by atoms with Gasteiger partial charge in [0.15, 0.2) is 0 Å². The van der Waals surface area contributed by atoms with Crippen LogP contribution in [-0.2, 0) is 10.3 Å². The second kappa shape index (κ2) is 12.2. The molecule has 5 aromatic rings. The van der Waals surface area contributed by atoms with E-state index in [-0.39, 0.29) is 5.71 Å². The van der Waals surface area contributed by atoms with Gasteiger partial charge in [-0.05, 0) is 87.4 Å². The highest BCUT2D eigenvalue weighted by Crippen LogP contribution is 2.46. The van der Waals surface area contributed by atoms with Gasteiger partial charge in [-0.1, -0.05) is 109 Å². The van der Waals surface area contributed by atoms with E-state index in [0.717, 1.165) is 50.1 Å². The van der Waals surface area contributed by atoms with Gasteiger partial charge in [0, 0.05) is 22.5 Å². The predicted octanol–water partition coefficient (Wildman–Crippen LogP) is 7.91. The molecule has 6 rings (SSSR count). The Morgan fingerprint density at radius 1 is 0.644 bits per heavy atom. The Morgan fingerprint density at radius 3 is 1.69 bits per heavy atom. The number of hydrogen-bond donors (Lipinski definition) is 3. The molecule has 7 heteroatoms. The largest absolute Gasteiger partial charge is 0.399 e. The molecule has 0 amide bonds. The van der Waals surface area contributed by atoms with Crippen molar-refractivity contribution in [2.45, 2.75) is 6.92 Å². The first kappa shape index (κ1) is 29.6. The molecule has 0 saturated heterocycles. The Bertz CT molecular complexity index is 2120. The van der Waals surface area contributed by atoms with Crippen LogP contribution in [0.2, 0.25) is 0 Å². The summed E-state index contributed by atoms with van der Waals surface area (Å²) in [5.74, 6) is 0. The molecule has 222 valence electrons. The van der Waals surface area contributed by atoms with Gasteiger partial charge in [0.2, 0.25) is 0 Å². The summed E-state index contributed by atoms with van der Waals surface area (Å²) in [6.45, 7) is 1.97.